The van der Waals surface area contributed by atoms with Crippen LogP contribution in [0.5, 0.6) is 0 Å². The molecule has 0 spiro atoms. The first-order valence-corrected chi connectivity index (χ1v) is 6.78. The van der Waals surface area contributed by atoms with Crippen LogP contribution in [0.15, 0.2) is 18.2 Å². The summed E-state index contributed by atoms with van der Waals surface area (Å²) in [6, 6.07) is 4.37. The van der Waals surface area contributed by atoms with Gasteiger partial charge in [0.2, 0.25) is 5.91 Å². The van der Waals surface area contributed by atoms with Gasteiger partial charge in [-0.15, -0.1) is 12.4 Å². The van der Waals surface area contributed by atoms with Crippen LogP contribution in [0.25, 0.3) is 0 Å². The summed E-state index contributed by atoms with van der Waals surface area (Å²) in [6.45, 7) is 4.33. The molecule has 1 rings (SSSR count). The monoisotopic (exact) mass is 322 g/mol. The van der Waals surface area contributed by atoms with E-state index in [0.29, 0.717) is 6.54 Å². The smallest absolute Gasteiger partial charge is 0.224 e. The molecule has 0 aromatic heterocycles. The van der Waals surface area contributed by atoms with Crippen molar-refractivity contribution in [2.45, 2.75) is 38.6 Å². The number of hydrogen-bond donors (Lipinski definition) is 2. The second kappa shape index (κ2) is 8.45. The Kier molecular flexibility index (Phi) is 8.09. The van der Waals surface area contributed by atoms with Gasteiger partial charge in [-0.1, -0.05) is 31.5 Å². The molecule has 1 aromatic rings. The van der Waals surface area contributed by atoms with E-state index in [1.54, 1.807) is 6.07 Å². The maximum atomic E-state index is 13.5. The third kappa shape index (κ3) is 5.27. The molecule has 0 bridgehead atoms. The molecule has 0 saturated heterocycles. The summed E-state index contributed by atoms with van der Waals surface area (Å²) < 4.78 is 13.5. The molecule has 3 nitrogen and oxygen atoms in total. The molecule has 0 saturated carbocycles. The van der Waals surface area contributed by atoms with E-state index in [4.69, 9.17) is 17.3 Å². The molecule has 6 heteroatoms. The van der Waals surface area contributed by atoms with Crippen molar-refractivity contribution < 1.29 is 9.18 Å². The topological polar surface area (TPSA) is 55.1 Å². The van der Waals surface area contributed by atoms with Crippen LogP contribution < -0.4 is 11.1 Å². The predicted octanol–water partition coefficient (Wildman–Crippen LogP) is 3.08. The fourth-order valence-electron chi connectivity index (χ4n) is 1.70. The first-order valence-electron chi connectivity index (χ1n) is 6.40. The highest BCUT2D eigenvalue weighted by molar-refractivity contribution is 6.31. The van der Waals surface area contributed by atoms with Gasteiger partial charge in [-0.25, -0.2) is 4.39 Å². The molecule has 1 amide bonds. The lowest BCUT2D eigenvalue weighted by atomic mass is 9.94. The molecule has 114 valence electrons. The molecule has 0 heterocycles. The molecule has 1 aromatic carbocycles. The zero-order chi connectivity index (χ0) is 14.5. The number of benzene rings is 1. The van der Waals surface area contributed by atoms with Crippen LogP contribution in [0.4, 0.5) is 4.39 Å². The van der Waals surface area contributed by atoms with E-state index in [1.165, 1.54) is 12.1 Å². The second-order valence-corrected chi connectivity index (χ2v) is 5.13. The Morgan fingerprint density at radius 3 is 2.50 bits per heavy atom. The molecule has 0 fully saturated rings. The van der Waals surface area contributed by atoms with Gasteiger partial charge in [-0.2, -0.15) is 0 Å². The maximum Gasteiger partial charge on any atom is 0.224 e. The Morgan fingerprint density at radius 2 is 2.00 bits per heavy atom. The van der Waals surface area contributed by atoms with Crippen LogP contribution in [-0.2, 0) is 11.2 Å². The molecular weight excluding hydrogens is 302 g/mol. The van der Waals surface area contributed by atoms with Gasteiger partial charge in [0, 0.05) is 22.7 Å². The number of halogens is 3. The summed E-state index contributed by atoms with van der Waals surface area (Å²) >= 11 is 5.87. The standard InChI is InChI=1S/C14H20ClFN2O.ClH/c1-3-14(17,4-2)9-18-13(19)8-10-11(15)6-5-7-12(10)16;/h5-7H,3-4,8-9,17H2,1-2H3,(H,18,19);1H. The Morgan fingerprint density at radius 1 is 1.40 bits per heavy atom. The van der Waals surface area contributed by atoms with Crippen LogP contribution in [0.2, 0.25) is 5.02 Å². The van der Waals surface area contributed by atoms with Crippen molar-refractivity contribution in [3.05, 3.63) is 34.6 Å². The molecule has 0 radical (unpaired) electrons. The molecule has 0 atom stereocenters. The highest BCUT2D eigenvalue weighted by atomic mass is 35.5. The average Bonchev–Trinajstić information content (AvgIpc) is 2.40. The summed E-state index contributed by atoms with van der Waals surface area (Å²) in [7, 11) is 0. The van der Waals surface area contributed by atoms with Gasteiger partial charge in [0.1, 0.15) is 5.82 Å². The molecule has 0 aliphatic heterocycles. The van der Waals surface area contributed by atoms with Crippen molar-refractivity contribution >= 4 is 29.9 Å². The lowest BCUT2D eigenvalue weighted by Crippen LogP contribution is -2.49. The van der Waals surface area contributed by atoms with E-state index in [0.717, 1.165) is 12.8 Å². The van der Waals surface area contributed by atoms with Crippen molar-refractivity contribution in [3.8, 4) is 0 Å². The first kappa shape index (κ1) is 19.2. The van der Waals surface area contributed by atoms with Crippen LogP contribution in [0.1, 0.15) is 32.3 Å². The number of carbonyl (C=O) groups excluding carboxylic acids is 1. The van der Waals surface area contributed by atoms with E-state index >= 15 is 0 Å². The summed E-state index contributed by atoms with van der Waals surface area (Å²) in [5.74, 6) is -0.739. The minimum absolute atomic E-state index is 0. The Hall–Kier alpha value is -0.840. The van der Waals surface area contributed by atoms with Gasteiger partial charge >= 0.3 is 0 Å². The van der Waals surface area contributed by atoms with Crippen molar-refractivity contribution in [1.82, 2.24) is 5.32 Å². The average molecular weight is 323 g/mol. The summed E-state index contributed by atoms with van der Waals surface area (Å²) in [4.78, 5) is 11.8. The molecule has 20 heavy (non-hydrogen) atoms. The quantitative estimate of drug-likeness (QED) is 0.845. The van der Waals surface area contributed by atoms with Crippen molar-refractivity contribution in [1.29, 1.82) is 0 Å². The minimum Gasteiger partial charge on any atom is -0.354 e. The molecule has 0 aliphatic carbocycles. The predicted molar refractivity (Wildman–Crippen MR) is 82.9 cm³/mol. The third-order valence-electron chi connectivity index (χ3n) is 3.44. The van der Waals surface area contributed by atoms with Gasteiger partial charge < -0.3 is 11.1 Å². The van der Waals surface area contributed by atoms with Gasteiger partial charge in [0.05, 0.1) is 6.42 Å². The van der Waals surface area contributed by atoms with Crippen LogP contribution in [-0.4, -0.2) is 18.0 Å². The maximum absolute atomic E-state index is 13.5. The number of hydrogen-bond acceptors (Lipinski definition) is 2. The van der Waals surface area contributed by atoms with Crippen LogP contribution in [0, 0.1) is 5.82 Å². The van der Waals surface area contributed by atoms with Gasteiger partial charge in [0.15, 0.2) is 0 Å². The van der Waals surface area contributed by atoms with Crippen LogP contribution >= 0.6 is 24.0 Å². The number of amides is 1. The van der Waals surface area contributed by atoms with Crippen LogP contribution in [0.3, 0.4) is 0 Å². The normalized spacial score (nSPS) is 10.8. The zero-order valence-corrected chi connectivity index (χ0v) is 13.3. The zero-order valence-electron chi connectivity index (χ0n) is 11.7. The fourth-order valence-corrected chi connectivity index (χ4v) is 1.93. The Labute approximate surface area is 130 Å². The van der Waals surface area contributed by atoms with Crippen molar-refractivity contribution in [2.24, 2.45) is 5.73 Å². The highest BCUT2D eigenvalue weighted by Crippen LogP contribution is 2.19. The number of carbonyl (C=O) groups is 1. The largest absolute Gasteiger partial charge is 0.354 e. The SMILES string of the molecule is CCC(N)(CC)CNC(=O)Cc1c(F)cccc1Cl.Cl. The molecule has 3 N–H and O–H groups in total. The number of rotatable bonds is 6. The second-order valence-electron chi connectivity index (χ2n) is 4.72. The lowest BCUT2D eigenvalue weighted by Gasteiger charge is -2.26. The van der Waals surface area contributed by atoms with Gasteiger partial charge in [0.25, 0.3) is 0 Å². The number of nitrogens with two attached hydrogens (primary N) is 1. The summed E-state index contributed by atoms with van der Waals surface area (Å²) in [6.07, 6.45) is 1.46. The molecule has 0 aliphatic rings. The Balaban J connectivity index is 0.00000361. The molecule has 0 unspecified atom stereocenters. The summed E-state index contributed by atoms with van der Waals surface area (Å²) in [5, 5.41) is 3.00. The van der Waals surface area contributed by atoms with Crippen molar-refractivity contribution in [3.63, 3.8) is 0 Å². The minimum atomic E-state index is -0.465. The lowest BCUT2D eigenvalue weighted by molar-refractivity contribution is -0.120. The van der Waals surface area contributed by atoms with E-state index in [2.05, 4.69) is 5.32 Å². The van der Waals surface area contributed by atoms with Crippen molar-refractivity contribution in [2.75, 3.05) is 6.54 Å². The first-order chi connectivity index (χ1) is 8.91. The number of nitrogens with one attached hydrogen (secondary N) is 1. The van der Waals surface area contributed by atoms with E-state index < -0.39 is 11.4 Å². The molecular formula is C14H21Cl2FN2O. The Bertz CT molecular complexity index is 431. The highest BCUT2D eigenvalue weighted by Gasteiger charge is 2.21. The third-order valence-corrected chi connectivity index (χ3v) is 3.80. The van der Waals surface area contributed by atoms with E-state index in [1.807, 2.05) is 13.8 Å². The van der Waals surface area contributed by atoms with Gasteiger partial charge in [-0.05, 0) is 25.0 Å². The van der Waals surface area contributed by atoms with E-state index in [-0.39, 0.29) is 35.3 Å². The summed E-state index contributed by atoms with van der Waals surface area (Å²) in [5.41, 5.74) is 5.89. The van der Waals surface area contributed by atoms with Gasteiger partial charge in [-0.3, -0.25) is 4.79 Å². The van der Waals surface area contributed by atoms with E-state index in [9.17, 15) is 9.18 Å². The fraction of sp³-hybridized carbons (Fsp3) is 0.500.